The van der Waals surface area contributed by atoms with E-state index < -0.39 is 0 Å². The van der Waals surface area contributed by atoms with Crippen molar-refractivity contribution in [2.75, 3.05) is 39.9 Å². The van der Waals surface area contributed by atoms with E-state index in [-0.39, 0.29) is 0 Å². The summed E-state index contributed by atoms with van der Waals surface area (Å²) >= 11 is 0. The molecule has 0 saturated carbocycles. The fraction of sp³-hybridized carbons (Fsp3) is 0.647. The highest BCUT2D eigenvalue weighted by Crippen LogP contribution is 2.13. The second-order valence-electron chi connectivity index (χ2n) is 5.84. The molecule has 0 atom stereocenters. The Hall–Kier alpha value is -0.900. The molecular weight excluding hydrogens is 248 g/mol. The number of rotatable bonds is 8. The number of hydrogen-bond acceptors (Lipinski definition) is 3. The van der Waals surface area contributed by atoms with Crippen LogP contribution in [0.3, 0.4) is 0 Å². The summed E-state index contributed by atoms with van der Waals surface area (Å²) in [6.07, 6.45) is 3.66. The zero-order chi connectivity index (χ0) is 14.0. The summed E-state index contributed by atoms with van der Waals surface area (Å²) in [5, 5.41) is 3.59. The van der Waals surface area contributed by atoms with E-state index in [2.05, 4.69) is 47.6 Å². The highest BCUT2D eigenvalue weighted by atomic mass is 16.5. The fourth-order valence-electron chi connectivity index (χ4n) is 2.70. The first-order chi connectivity index (χ1) is 9.84. The van der Waals surface area contributed by atoms with E-state index in [1.807, 2.05) is 0 Å². The largest absolute Gasteiger partial charge is 0.381 e. The minimum Gasteiger partial charge on any atom is -0.381 e. The summed E-state index contributed by atoms with van der Waals surface area (Å²) < 4.78 is 5.38. The summed E-state index contributed by atoms with van der Waals surface area (Å²) in [7, 11) is 2.20. The van der Waals surface area contributed by atoms with Crippen LogP contribution in [-0.4, -0.2) is 44.8 Å². The number of nitrogens with one attached hydrogen (secondary N) is 1. The van der Waals surface area contributed by atoms with E-state index in [0.717, 1.165) is 45.3 Å². The molecule has 0 bridgehead atoms. The van der Waals surface area contributed by atoms with Crippen molar-refractivity contribution in [1.29, 1.82) is 0 Å². The average molecular weight is 276 g/mol. The molecule has 0 aliphatic carbocycles. The van der Waals surface area contributed by atoms with Gasteiger partial charge < -0.3 is 15.0 Å². The van der Waals surface area contributed by atoms with Crippen molar-refractivity contribution >= 4 is 0 Å². The van der Waals surface area contributed by atoms with Gasteiger partial charge in [-0.3, -0.25) is 0 Å². The van der Waals surface area contributed by atoms with Gasteiger partial charge >= 0.3 is 0 Å². The summed E-state index contributed by atoms with van der Waals surface area (Å²) in [4.78, 5) is 2.39. The molecular formula is C17H28N2O. The Bertz CT molecular complexity index is 349. The summed E-state index contributed by atoms with van der Waals surface area (Å²) in [6.45, 7) is 6.37. The van der Waals surface area contributed by atoms with Crippen molar-refractivity contribution in [1.82, 2.24) is 10.2 Å². The maximum absolute atomic E-state index is 5.38. The Kier molecular flexibility index (Phi) is 7.06. The standard InChI is InChI=1S/C17H28N2O/c1-19(15-17-6-3-2-4-7-17)11-5-10-18-14-16-8-12-20-13-9-16/h2-4,6-7,16,18H,5,8-15H2,1H3. The lowest BCUT2D eigenvalue weighted by molar-refractivity contribution is 0.0663. The van der Waals surface area contributed by atoms with Crippen molar-refractivity contribution in [2.45, 2.75) is 25.8 Å². The van der Waals surface area contributed by atoms with Crippen LogP contribution in [0.25, 0.3) is 0 Å². The third-order valence-electron chi connectivity index (χ3n) is 3.96. The molecule has 1 aliphatic heterocycles. The van der Waals surface area contributed by atoms with Crippen molar-refractivity contribution in [2.24, 2.45) is 5.92 Å². The van der Waals surface area contributed by atoms with Crippen molar-refractivity contribution in [3.8, 4) is 0 Å². The van der Waals surface area contributed by atoms with Crippen molar-refractivity contribution in [3.05, 3.63) is 35.9 Å². The van der Waals surface area contributed by atoms with Gasteiger partial charge in [-0.05, 0) is 57.4 Å². The van der Waals surface area contributed by atoms with Gasteiger partial charge in [0.05, 0.1) is 0 Å². The minimum atomic E-state index is 0.825. The third-order valence-corrected chi connectivity index (χ3v) is 3.96. The van der Waals surface area contributed by atoms with Crippen LogP contribution in [0.15, 0.2) is 30.3 Å². The van der Waals surface area contributed by atoms with E-state index in [1.165, 1.54) is 24.8 Å². The molecule has 0 unspecified atom stereocenters. The van der Waals surface area contributed by atoms with Gasteiger partial charge in [-0.1, -0.05) is 30.3 Å². The zero-order valence-electron chi connectivity index (χ0n) is 12.7. The zero-order valence-corrected chi connectivity index (χ0v) is 12.7. The first-order valence-corrected chi connectivity index (χ1v) is 7.85. The molecule has 20 heavy (non-hydrogen) atoms. The molecule has 0 amide bonds. The van der Waals surface area contributed by atoms with E-state index in [1.54, 1.807) is 0 Å². The molecule has 1 saturated heterocycles. The topological polar surface area (TPSA) is 24.5 Å². The second-order valence-corrected chi connectivity index (χ2v) is 5.84. The smallest absolute Gasteiger partial charge is 0.0469 e. The lowest BCUT2D eigenvalue weighted by Crippen LogP contribution is -2.30. The lowest BCUT2D eigenvalue weighted by Gasteiger charge is -2.22. The Morgan fingerprint density at radius 2 is 1.95 bits per heavy atom. The molecule has 1 aliphatic rings. The van der Waals surface area contributed by atoms with E-state index in [0.29, 0.717) is 0 Å². The molecule has 1 fully saturated rings. The average Bonchev–Trinajstić information content (AvgIpc) is 2.49. The predicted molar refractivity (Wildman–Crippen MR) is 83.8 cm³/mol. The maximum atomic E-state index is 5.38. The van der Waals surface area contributed by atoms with E-state index >= 15 is 0 Å². The summed E-state index contributed by atoms with van der Waals surface area (Å²) in [6, 6.07) is 10.7. The van der Waals surface area contributed by atoms with Crippen molar-refractivity contribution in [3.63, 3.8) is 0 Å². The van der Waals surface area contributed by atoms with E-state index in [4.69, 9.17) is 4.74 Å². The Balaban J connectivity index is 1.50. The second kappa shape index (κ2) is 9.11. The van der Waals surface area contributed by atoms with Gasteiger partial charge in [0.25, 0.3) is 0 Å². The number of hydrogen-bond donors (Lipinski definition) is 1. The van der Waals surface area contributed by atoms with Gasteiger partial charge in [0.2, 0.25) is 0 Å². The van der Waals surface area contributed by atoms with Gasteiger partial charge in [-0.25, -0.2) is 0 Å². The minimum absolute atomic E-state index is 0.825. The SMILES string of the molecule is CN(CCCNCC1CCOCC1)Cc1ccccc1. The molecule has 1 aromatic carbocycles. The first kappa shape index (κ1) is 15.5. The molecule has 2 rings (SSSR count). The Morgan fingerprint density at radius 3 is 2.70 bits per heavy atom. The summed E-state index contributed by atoms with van der Waals surface area (Å²) in [5.74, 6) is 0.825. The highest BCUT2D eigenvalue weighted by molar-refractivity contribution is 5.14. The van der Waals surface area contributed by atoms with Gasteiger partial charge in [-0.2, -0.15) is 0 Å². The molecule has 1 heterocycles. The van der Waals surface area contributed by atoms with Crippen LogP contribution in [-0.2, 0) is 11.3 Å². The molecule has 0 spiro atoms. The number of nitrogens with zero attached hydrogens (tertiary/aromatic N) is 1. The van der Waals surface area contributed by atoms with Crippen LogP contribution in [0.2, 0.25) is 0 Å². The van der Waals surface area contributed by atoms with Crippen LogP contribution in [0, 0.1) is 5.92 Å². The Labute approximate surface area is 123 Å². The van der Waals surface area contributed by atoms with Crippen LogP contribution in [0.4, 0.5) is 0 Å². The number of ether oxygens (including phenoxy) is 1. The van der Waals surface area contributed by atoms with Crippen LogP contribution in [0.1, 0.15) is 24.8 Å². The van der Waals surface area contributed by atoms with Crippen LogP contribution < -0.4 is 5.32 Å². The normalized spacial score (nSPS) is 16.7. The molecule has 3 heteroatoms. The molecule has 0 aromatic heterocycles. The lowest BCUT2D eigenvalue weighted by atomic mass is 10.0. The van der Waals surface area contributed by atoms with Gasteiger partial charge in [0.1, 0.15) is 0 Å². The van der Waals surface area contributed by atoms with Gasteiger partial charge in [0.15, 0.2) is 0 Å². The predicted octanol–water partition coefficient (Wildman–Crippen LogP) is 2.52. The van der Waals surface area contributed by atoms with Crippen LogP contribution >= 0.6 is 0 Å². The van der Waals surface area contributed by atoms with Gasteiger partial charge in [0, 0.05) is 19.8 Å². The molecule has 1 N–H and O–H groups in total. The quantitative estimate of drug-likeness (QED) is 0.738. The fourth-order valence-corrected chi connectivity index (χ4v) is 2.70. The molecule has 3 nitrogen and oxygen atoms in total. The van der Waals surface area contributed by atoms with Gasteiger partial charge in [-0.15, -0.1) is 0 Å². The number of benzene rings is 1. The highest BCUT2D eigenvalue weighted by Gasteiger charge is 2.12. The first-order valence-electron chi connectivity index (χ1n) is 7.85. The monoisotopic (exact) mass is 276 g/mol. The maximum Gasteiger partial charge on any atom is 0.0469 e. The Morgan fingerprint density at radius 1 is 1.20 bits per heavy atom. The van der Waals surface area contributed by atoms with Crippen LogP contribution in [0.5, 0.6) is 0 Å². The summed E-state index contributed by atoms with van der Waals surface area (Å²) in [5.41, 5.74) is 1.39. The molecule has 1 aromatic rings. The third kappa shape index (κ3) is 6.04. The molecule has 0 radical (unpaired) electrons. The van der Waals surface area contributed by atoms with E-state index in [9.17, 15) is 0 Å². The van der Waals surface area contributed by atoms with Crippen molar-refractivity contribution < 1.29 is 4.74 Å². The molecule has 112 valence electrons.